The molecule has 2 aromatic rings. The molecule has 0 aliphatic heterocycles. The molecule has 0 bridgehead atoms. The van der Waals surface area contributed by atoms with Crippen molar-refractivity contribution in [1.29, 1.82) is 0 Å². The number of halogens is 2. The number of carbonyl (C=O) groups is 1. The SMILES string of the molecule is O=C(NCCO)c1ccccc1Nc1ccc(I)cc1F. The van der Waals surface area contributed by atoms with E-state index in [2.05, 4.69) is 10.6 Å². The zero-order valence-corrected chi connectivity index (χ0v) is 13.2. The van der Waals surface area contributed by atoms with Crippen molar-refractivity contribution in [1.82, 2.24) is 5.32 Å². The van der Waals surface area contributed by atoms with E-state index >= 15 is 0 Å². The first-order valence-electron chi connectivity index (χ1n) is 6.32. The molecule has 4 nitrogen and oxygen atoms in total. The molecule has 110 valence electrons. The molecule has 0 radical (unpaired) electrons. The molecule has 0 aliphatic rings. The van der Waals surface area contributed by atoms with Gasteiger partial charge in [0.05, 0.1) is 23.5 Å². The lowest BCUT2D eigenvalue weighted by Gasteiger charge is -2.12. The molecule has 2 aromatic carbocycles. The molecule has 0 saturated heterocycles. The van der Waals surface area contributed by atoms with Crippen LogP contribution in [0.4, 0.5) is 15.8 Å². The van der Waals surface area contributed by atoms with Crippen LogP contribution in [0.1, 0.15) is 10.4 Å². The van der Waals surface area contributed by atoms with Gasteiger partial charge in [0.25, 0.3) is 5.91 Å². The van der Waals surface area contributed by atoms with Gasteiger partial charge in [-0.1, -0.05) is 12.1 Å². The van der Waals surface area contributed by atoms with Crippen LogP contribution in [0.2, 0.25) is 0 Å². The van der Waals surface area contributed by atoms with Crippen LogP contribution in [0.15, 0.2) is 42.5 Å². The molecule has 0 atom stereocenters. The number of aliphatic hydroxyl groups excluding tert-OH is 1. The van der Waals surface area contributed by atoms with Crippen molar-refractivity contribution in [2.45, 2.75) is 0 Å². The molecule has 0 aliphatic carbocycles. The molecular formula is C15H14FIN2O2. The lowest BCUT2D eigenvalue weighted by molar-refractivity contribution is 0.0945. The molecule has 0 saturated carbocycles. The van der Waals surface area contributed by atoms with Crippen molar-refractivity contribution in [2.75, 3.05) is 18.5 Å². The van der Waals surface area contributed by atoms with Crippen LogP contribution in [0.5, 0.6) is 0 Å². The van der Waals surface area contributed by atoms with Crippen LogP contribution in [-0.2, 0) is 0 Å². The number of amides is 1. The number of anilines is 2. The fourth-order valence-corrected chi connectivity index (χ4v) is 2.24. The van der Waals surface area contributed by atoms with Crippen LogP contribution in [-0.4, -0.2) is 24.2 Å². The summed E-state index contributed by atoms with van der Waals surface area (Å²) in [5.41, 5.74) is 1.20. The first-order valence-corrected chi connectivity index (χ1v) is 7.40. The van der Waals surface area contributed by atoms with Gasteiger partial charge in [-0.15, -0.1) is 0 Å². The van der Waals surface area contributed by atoms with Crippen LogP contribution in [0, 0.1) is 9.39 Å². The third kappa shape index (κ3) is 4.15. The highest BCUT2D eigenvalue weighted by Crippen LogP contribution is 2.24. The maximum absolute atomic E-state index is 13.9. The van der Waals surface area contributed by atoms with Gasteiger partial charge in [0.15, 0.2) is 0 Å². The first kappa shape index (κ1) is 15.7. The molecule has 21 heavy (non-hydrogen) atoms. The van der Waals surface area contributed by atoms with Gasteiger partial charge in [0, 0.05) is 10.1 Å². The molecule has 6 heteroatoms. The highest BCUT2D eigenvalue weighted by atomic mass is 127. The smallest absolute Gasteiger partial charge is 0.253 e. The minimum absolute atomic E-state index is 0.132. The van der Waals surface area contributed by atoms with Crippen molar-refractivity contribution in [3.05, 3.63) is 57.4 Å². The third-order valence-electron chi connectivity index (χ3n) is 2.77. The van der Waals surface area contributed by atoms with Gasteiger partial charge >= 0.3 is 0 Å². The van der Waals surface area contributed by atoms with E-state index in [1.165, 1.54) is 6.07 Å². The Morgan fingerprint density at radius 2 is 1.95 bits per heavy atom. The maximum Gasteiger partial charge on any atom is 0.253 e. The van der Waals surface area contributed by atoms with Gasteiger partial charge in [0.1, 0.15) is 5.82 Å². The summed E-state index contributed by atoms with van der Waals surface area (Å²) in [6.07, 6.45) is 0. The maximum atomic E-state index is 13.9. The van der Waals surface area contributed by atoms with Crippen LogP contribution < -0.4 is 10.6 Å². The van der Waals surface area contributed by atoms with E-state index in [0.29, 0.717) is 16.9 Å². The van der Waals surface area contributed by atoms with Gasteiger partial charge in [-0.2, -0.15) is 0 Å². The van der Waals surface area contributed by atoms with Crippen molar-refractivity contribution in [3.63, 3.8) is 0 Å². The Balaban J connectivity index is 2.26. The summed E-state index contributed by atoms with van der Waals surface area (Å²) in [6, 6.07) is 11.6. The Hall–Kier alpha value is -1.67. The fraction of sp³-hybridized carbons (Fsp3) is 0.133. The lowest BCUT2D eigenvalue weighted by Crippen LogP contribution is -2.27. The normalized spacial score (nSPS) is 10.2. The minimum atomic E-state index is -0.382. The number of hydrogen-bond acceptors (Lipinski definition) is 3. The molecule has 0 unspecified atom stereocenters. The second-order valence-electron chi connectivity index (χ2n) is 4.27. The van der Waals surface area contributed by atoms with Crippen LogP contribution in [0.25, 0.3) is 0 Å². The van der Waals surface area contributed by atoms with E-state index < -0.39 is 0 Å². The molecule has 2 rings (SSSR count). The van der Waals surface area contributed by atoms with Gasteiger partial charge in [-0.3, -0.25) is 4.79 Å². The summed E-state index contributed by atoms with van der Waals surface area (Å²) in [4.78, 5) is 12.0. The molecular weight excluding hydrogens is 386 g/mol. The summed E-state index contributed by atoms with van der Waals surface area (Å²) in [7, 11) is 0. The Bertz CT molecular complexity index is 649. The average molecular weight is 400 g/mol. The number of hydrogen-bond donors (Lipinski definition) is 3. The molecule has 0 heterocycles. The zero-order chi connectivity index (χ0) is 15.2. The summed E-state index contributed by atoms with van der Waals surface area (Å²) in [5, 5.41) is 14.2. The topological polar surface area (TPSA) is 61.4 Å². The Morgan fingerprint density at radius 3 is 2.67 bits per heavy atom. The summed E-state index contributed by atoms with van der Waals surface area (Å²) < 4.78 is 14.7. The summed E-state index contributed by atoms with van der Waals surface area (Å²) in [5.74, 6) is -0.703. The third-order valence-corrected chi connectivity index (χ3v) is 3.44. The van der Waals surface area contributed by atoms with Crippen LogP contribution in [0.3, 0.4) is 0 Å². The van der Waals surface area contributed by atoms with Gasteiger partial charge < -0.3 is 15.7 Å². The second kappa shape index (κ2) is 7.37. The van der Waals surface area contributed by atoms with Gasteiger partial charge in [0.2, 0.25) is 0 Å². The van der Waals surface area contributed by atoms with Crippen molar-refractivity contribution in [2.24, 2.45) is 0 Å². The average Bonchev–Trinajstić information content (AvgIpc) is 2.48. The van der Waals surface area contributed by atoms with Crippen molar-refractivity contribution < 1.29 is 14.3 Å². The van der Waals surface area contributed by atoms with Crippen molar-refractivity contribution in [3.8, 4) is 0 Å². The van der Waals surface area contributed by atoms with E-state index in [1.54, 1.807) is 36.4 Å². The highest BCUT2D eigenvalue weighted by molar-refractivity contribution is 14.1. The van der Waals surface area contributed by atoms with E-state index in [0.717, 1.165) is 3.57 Å². The number of nitrogens with one attached hydrogen (secondary N) is 2. The van der Waals surface area contributed by atoms with E-state index in [9.17, 15) is 9.18 Å². The predicted octanol–water partition coefficient (Wildman–Crippen LogP) is 2.90. The lowest BCUT2D eigenvalue weighted by atomic mass is 10.1. The number of para-hydroxylation sites is 1. The number of aliphatic hydroxyl groups is 1. The molecule has 0 spiro atoms. The van der Waals surface area contributed by atoms with Crippen molar-refractivity contribution >= 4 is 39.9 Å². The standard InChI is InChI=1S/C15H14FIN2O2/c16-12-9-10(17)5-6-14(12)19-13-4-2-1-3-11(13)15(21)18-7-8-20/h1-6,9,19-20H,7-8H2,(H,18,21). The largest absolute Gasteiger partial charge is 0.395 e. The van der Waals surface area contributed by atoms with Gasteiger partial charge in [-0.05, 0) is 52.9 Å². The zero-order valence-electron chi connectivity index (χ0n) is 11.1. The Kier molecular flexibility index (Phi) is 5.51. The Morgan fingerprint density at radius 1 is 1.19 bits per heavy atom. The quantitative estimate of drug-likeness (QED) is 0.677. The number of carbonyl (C=O) groups excluding carboxylic acids is 1. The first-order chi connectivity index (χ1) is 10.1. The predicted molar refractivity (Wildman–Crippen MR) is 88.3 cm³/mol. The molecule has 3 N–H and O–H groups in total. The van der Waals surface area contributed by atoms with E-state index in [4.69, 9.17) is 5.11 Å². The Labute approximate surface area is 135 Å². The van der Waals surface area contributed by atoms with Gasteiger partial charge in [-0.25, -0.2) is 4.39 Å². The van der Waals surface area contributed by atoms with E-state index in [-0.39, 0.29) is 24.9 Å². The van der Waals surface area contributed by atoms with E-state index in [1.807, 2.05) is 22.6 Å². The molecule has 1 amide bonds. The molecule has 0 aromatic heterocycles. The minimum Gasteiger partial charge on any atom is -0.395 e. The fourth-order valence-electron chi connectivity index (χ4n) is 1.79. The number of benzene rings is 2. The highest BCUT2D eigenvalue weighted by Gasteiger charge is 2.12. The molecule has 0 fully saturated rings. The monoisotopic (exact) mass is 400 g/mol. The van der Waals surface area contributed by atoms with Crippen LogP contribution >= 0.6 is 22.6 Å². The second-order valence-corrected chi connectivity index (χ2v) is 5.52. The number of rotatable bonds is 5. The summed E-state index contributed by atoms with van der Waals surface area (Å²) >= 11 is 2.03. The summed E-state index contributed by atoms with van der Waals surface area (Å²) in [6.45, 7) is 0.0398.